The zero-order valence-electron chi connectivity index (χ0n) is 18.8. The van der Waals surface area contributed by atoms with E-state index in [0.717, 1.165) is 43.7 Å². The summed E-state index contributed by atoms with van der Waals surface area (Å²) >= 11 is 0. The molecule has 10 heteroatoms. The molecule has 2 aliphatic heterocycles. The van der Waals surface area contributed by atoms with Crippen LogP contribution in [0.25, 0.3) is 0 Å². The van der Waals surface area contributed by atoms with Gasteiger partial charge < -0.3 is 24.7 Å². The Morgan fingerprint density at radius 3 is 2.87 bits per heavy atom. The van der Waals surface area contributed by atoms with E-state index in [9.17, 15) is 0 Å². The molecule has 172 valence electrons. The second-order valence-corrected chi connectivity index (χ2v) is 8.06. The highest BCUT2D eigenvalue weighted by atomic mass is 127. The summed E-state index contributed by atoms with van der Waals surface area (Å²) in [5.41, 5.74) is 0. The van der Waals surface area contributed by atoms with Crippen LogP contribution >= 0.6 is 24.0 Å². The van der Waals surface area contributed by atoms with Gasteiger partial charge in [0.2, 0.25) is 0 Å². The largest absolute Gasteiger partial charge is 0.379 e. The van der Waals surface area contributed by atoms with Crippen molar-refractivity contribution in [2.24, 2.45) is 12.0 Å². The number of hydrogen-bond acceptors (Lipinski definition) is 6. The monoisotopic (exact) mass is 535 g/mol. The number of halogens is 1. The van der Waals surface area contributed by atoms with Crippen molar-refractivity contribution in [2.45, 2.75) is 64.8 Å². The molecule has 0 aliphatic carbocycles. The molecule has 2 aliphatic rings. The molecule has 1 aromatic rings. The van der Waals surface area contributed by atoms with Gasteiger partial charge in [-0.05, 0) is 46.2 Å². The average Bonchev–Trinajstić information content (AvgIpc) is 3.46. The topological polar surface area (TPSA) is 88.8 Å². The fourth-order valence-corrected chi connectivity index (χ4v) is 3.85. The Kier molecular flexibility index (Phi) is 10.8. The van der Waals surface area contributed by atoms with Crippen LogP contribution in [0.5, 0.6) is 0 Å². The highest BCUT2D eigenvalue weighted by Crippen LogP contribution is 2.15. The van der Waals surface area contributed by atoms with E-state index in [4.69, 9.17) is 14.5 Å². The van der Waals surface area contributed by atoms with Gasteiger partial charge in [-0.1, -0.05) is 6.92 Å². The molecule has 0 bridgehead atoms. The zero-order valence-corrected chi connectivity index (χ0v) is 21.1. The van der Waals surface area contributed by atoms with Gasteiger partial charge in [-0.2, -0.15) is 0 Å². The third kappa shape index (κ3) is 7.31. The van der Waals surface area contributed by atoms with Crippen molar-refractivity contribution in [1.82, 2.24) is 30.3 Å². The first-order valence-electron chi connectivity index (χ1n) is 10.9. The van der Waals surface area contributed by atoms with Crippen LogP contribution in [0.4, 0.5) is 0 Å². The zero-order chi connectivity index (χ0) is 20.6. The Balaban J connectivity index is 0.00000320. The standard InChI is InChI=1S/C20H37N7O2.HI/c1-5-27-9-6-7-17(27)11-21-20(22-12-19-25-24-16(3)26(19)4)23-15(2)13-29-18-8-10-28-14-18;/h15,17-18H,5-14H2,1-4H3,(H2,21,22,23);1H. The summed E-state index contributed by atoms with van der Waals surface area (Å²) in [5, 5.41) is 15.4. The number of aromatic nitrogens is 3. The summed E-state index contributed by atoms with van der Waals surface area (Å²) in [6.07, 6.45) is 3.69. The molecule has 3 unspecified atom stereocenters. The van der Waals surface area contributed by atoms with Crippen LogP contribution < -0.4 is 10.6 Å². The highest BCUT2D eigenvalue weighted by Gasteiger charge is 2.23. The van der Waals surface area contributed by atoms with E-state index < -0.39 is 0 Å². The maximum absolute atomic E-state index is 5.96. The quantitative estimate of drug-likeness (QED) is 0.281. The number of rotatable bonds is 9. The number of nitrogens with one attached hydrogen (secondary N) is 2. The van der Waals surface area contributed by atoms with Crippen molar-refractivity contribution < 1.29 is 9.47 Å². The van der Waals surface area contributed by atoms with E-state index in [1.165, 1.54) is 19.4 Å². The Morgan fingerprint density at radius 1 is 1.37 bits per heavy atom. The molecule has 0 saturated carbocycles. The minimum absolute atomic E-state index is 0. The second kappa shape index (κ2) is 12.8. The number of guanidine groups is 1. The summed E-state index contributed by atoms with van der Waals surface area (Å²) < 4.78 is 13.3. The van der Waals surface area contributed by atoms with Gasteiger partial charge >= 0.3 is 0 Å². The second-order valence-electron chi connectivity index (χ2n) is 8.06. The number of nitrogens with zero attached hydrogens (tertiary/aromatic N) is 5. The molecule has 0 aromatic carbocycles. The van der Waals surface area contributed by atoms with Gasteiger partial charge in [-0.25, -0.2) is 4.99 Å². The summed E-state index contributed by atoms with van der Waals surface area (Å²) in [6, 6.07) is 0.709. The fourth-order valence-electron chi connectivity index (χ4n) is 3.85. The SMILES string of the molecule is CCN1CCCC1CNC(=NCc1nnc(C)n1C)NC(C)COC1CCOC1.I. The number of likely N-dealkylation sites (tertiary alicyclic amines) is 1. The van der Waals surface area contributed by atoms with Crippen molar-refractivity contribution in [1.29, 1.82) is 0 Å². The first-order valence-corrected chi connectivity index (χ1v) is 10.9. The number of aliphatic imine (C=N–C) groups is 1. The van der Waals surface area contributed by atoms with Crippen LogP contribution in [0.3, 0.4) is 0 Å². The van der Waals surface area contributed by atoms with E-state index in [1.54, 1.807) is 0 Å². The lowest BCUT2D eigenvalue weighted by atomic mass is 10.2. The molecule has 0 amide bonds. The van der Waals surface area contributed by atoms with E-state index in [1.807, 2.05) is 18.5 Å². The van der Waals surface area contributed by atoms with Crippen molar-refractivity contribution in [3.05, 3.63) is 11.6 Å². The van der Waals surface area contributed by atoms with Crippen LogP contribution in [-0.2, 0) is 23.1 Å². The minimum Gasteiger partial charge on any atom is -0.379 e. The van der Waals surface area contributed by atoms with Gasteiger partial charge in [0.15, 0.2) is 11.8 Å². The van der Waals surface area contributed by atoms with Crippen LogP contribution in [-0.4, -0.2) is 83.3 Å². The molecule has 30 heavy (non-hydrogen) atoms. The molecule has 2 N–H and O–H groups in total. The lowest BCUT2D eigenvalue weighted by molar-refractivity contribution is 0.0347. The number of ether oxygens (including phenoxy) is 2. The summed E-state index contributed by atoms with van der Waals surface area (Å²) in [4.78, 5) is 7.30. The van der Waals surface area contributed by atoms with Crippen LogP contribution in [0.15, 0.2) is 4.99 Å². The number of hydrogen-bond donors (Lipinski definition) is 2. The third-order valence-electron chi connectivity index (χ3n) is 5.82. The maximum Gasteiger partial charge on any atom is 0.192 e. The molecule has 3 atom stereocenters. The first kappa shape index (κ1) is 25.3. The van der Waals surface area contributed by atoms with Gasteiger partial charge in [0.1, 0.15) is 12.4 Å². The van der Waals surface area contributed by atoms with Gasteiger partial charge in [0, 0.05) is 32.3 Å². The molecular formula is C20H38IN7O2. The van der Waals surface area contributed by atoms with E-state index in [-0.39, 0.29) is 36.1 Å². The summed E-state index contributed by atoms with van der Waals surface area (Å²) in [7, 11) is 1.97. The number of likely N-dealkylation sites (N-methyl/N-ethyl adjacent to an activating group) is 1. The Hall–Kier alpha value is -0.980. The minimum atomic E-state index is 0. The first-order chi connectivity index (χ1) is 14.1. The molecular weight excluding hydrogens is 497 g/mol. The Bertz CT molecular complexity index is 664. The maximum atomic E-state index is 5.96. The molecule has 2 fully saturated rings. The molecule has 3 heterocycles. The molecule has 9 nitrogen and oxygen atoms in total. The molecule has 2 saturated heterocycles. The lowest BCUT2D eigenvalue weighted by Crippen LogP contribution is -2.48. The van der Waals surface area contributed by atoms with Crippen molar-refractivity contribution >= 4 is 29.9 Å². The van der Waals surface area contributed by atoms with Crippen LogP contribution in [0.1, 0.15) is 44.8 Å². The summed E-state index contributed by atoms with van der Waals surface area (Å²) in [6.45, 7) is 12.1. The van der Waals surface area contributed by atoms with E-state index in [0.29, 0.717) is 25.8 Å². The van der Waals surface area contributed by atoms with Crippen molar-refractivity contribution in [2.75, 3.05) is 39.5 Å². The van der Waals surface area contributed by atoms with Crippen LogP contribution in [0, 0.1) is 6.92 Å². The molecule has 3 rings (SSSR count). The van der Waals surface area contributed by atoms with Gasteiger partial charge in [-0.3, -0.25) is 4.90 Å². The molecule has 1 aromatic heterocycles. The molecule has 0 spiro atoms. The predicted octanol–water partition coefficient (Wildman–Crippen LogP) is 1.46. The van der Waals surface area contributed by atoms with Crippen molar-refractivity contribution in [3.8, 4) is 0 Å². The fraction of sp³-hybridized carbons (Fsp3) is 0.850. The van der Waals surface area contributed by atoms with E-state index >= 15 is 0 Å². The third-order valence-corrected chi connectivity index (χ3v) is 5.82. The van der Waals surface area contributed by atoms with Crippen LogP contribution in [0.2, 0.25) is 0 Å². The highest BCUT2D eigenvalue weighted by molar-refractivity contribution is 14.0. The summed E-state index contributed by atoms with van der Waals surface area (Å²) in [5.74, 6) is 2.54. The van der Waals surface area contributed by atoms with Gasteiger partial charge in [0.05, 0.1) is 19.3 Å². The van der Waals surface area contributed by atoms with E-state index in [2.05, 4.69) is 39.6 Å². The smallest absolute Gasteiger partial charge is 0.192 e. The number of aryl methyl sites for hydroxylation is 1. The van der Waals surface area contributed by atoms with Gasteiger partial charge in [-0.15, -0.1) is 34.2 Å². The normalized spacial score (nSPS) is 23.4. The lowest BCUT2D eigenvalue weighted by Gasteiger charge is -2.25. The predicted molar refractivity (Wildman–Crippen MR) is 128 cm³/mol. The molecule has 0 radical (unpaired) electrons. The Labute approximate surface area is 197 Å². The van der Waals surface area contributed by atoms with Crippen molar-refractivity contribution in [3.63, 3.8) is 0 Å². The Morgan fingerprint density at radius 2 is 2.20 bits per heavy atom. The van der Waals surface area contributed by atoms with Gasteiger partial charge in [0.25, 0.3) is 0 Å². The average molecular weight is 535 g/mol.